The van der Waals surface area contributed by atoms with Gasteiger partial charge in [-0.15, -0.1) is 11.8 Å². The molecular formula is C23H19ClN2O2S. The molecule has 4 nitrogen and oxygen atoms in total. The van der Waals surface area contributed by atoms with Crippen molar-refractivity contribution in [2.24, 2.45) is 0 Å². The quantitative estimate of drug-likeness (QED) is 0.373. The van der Waals surface area contributed by atoms with Gasteiger partial charge in [-0.2, -0.15) is 0 Å². The minimum atomic E-state index is -0.0643. The van der Waals surface area contributed by atoms with Crippen LogP contribution in [0.5, 0.6) is 0 Å². The van der Waals surface area contributed by atoms with Crippen molar-refractivity contribution in [1.82, 2.24) is 4.98 Å². The molecule has 0 bridgehead atoms. The minimum absolute atomic E-state index is 0.0643. The number of hydrogen-bond donors (Lipinski definition) is 1. The summed E-state index contributed by atoms with van der Waals surface area (Å²) in [6, 6.07) is 19.0. The molecule has 6 heteroatoms. The van der Waals surface area contributed by atoms with E-state index in [9.17, 15) is 4.79 Å². The van der Waals surface area contributed by atoms with E-state index in [1.807, 2.05) is 60.7 Å². The lowest BCUT2D eigenvalue weighted by Gasteiger charge is -2.06. The van der Waals surface area contributed by atoms with Crippen molar-refractivity contribution in [3.8, 4) is 11.5 Å². The topological polar surface area (TPSA) is 55.1 Å². The third-order valence-corrected chi connectivity index (χ3v) is 5.87. The smallest absolute Gasteiger partial charge is 0.234 e. The number of amides is 1. The number of fused-ring (bicyclic) bond motifs is 1. The van der Waals surface area contributed by atoms with Crippen molar-refractivity contribution < 1.29 is 9.21 Å². The van der Waals surface area contributed by atoms with Crippen LogP contribution in [0, 0.1) is 13.8 Å². The van der Waals surface area contributed by atoms with Gasteiger partial charge >= 0.3 is 0 Å². The first-order chi connectivity index (χ1) is 14.0. The summed E-state index contributed by atoms with van der Waals surface area (Å²) in [4.78, 5) is 17.8. The summed E-state index contributed by atoms with van der Waals surface area (Å²) in [5, 5.41) is 3.59. The summed E-state index contributed by atoms with van der Waals surface area (Å²) in [7, 11) is 0. The SMILES string of the molecule is Cc1cc2nc(-c3ccc(NC(=O)CSc4ccc(Cl)cc4)cc3)oc2cc1C. The van der Waals surface area contributed by atoms with Crippen molar-refractivity contribution in [3.63, 3.8) is 0 Å². The summed E-state index contributed by atoms with van der Waals surface area (Å²) in [5.41, 5.74) is 5.59. The molecule has 0 spiro atoms. The summed E-state index contributed by atoms with van der Waals surface area (Å²) < 4.78 is 5.90. The minimum Gasteiger partial charge on any atom is -0.436 e. The number of oxazole rings is 1. The molecule has 1 amide bonds. The van der Waals surface area contributed by atoms with Crippen LogP contribution in [-0.4, -0.2) is 16.6 Å². The monoisotopic (exact) mass is 422 g/mol. The van der Waals surface area contributed by atoms with Crippen LogP contribution in [-0.2, 0) is 4.79 Å². The molecule has 0 radical (unpaired) electrons. The summed E-state index contributed by atoms with van der Waals surface area (Å²) >= 11 is 7.34. The second-order valence-corrected chi connectivity index (χ2v) is 8.28. The lowest BCUT2D eigenvalue weighted by atomic mass is 10.1. The fourth-order valence-electron chi connectivity index (χ4n) is 2.88. The number of aromatic nitrogens is 1. The average Bonchev–Trinajstić information content (AvgIpc) is 3.11. The molecule has 0 atom stereocenters. The van der Waals surface area contributed by atoms with E-state index in [0.29, 0.717) is 16.7 Å². The zero-order chi connectivity index (χ0) is 20.4. The molecule has 29 heavy (non-hydrogen) atoms. The zero-order valence-corrected chi connectivity index (χ0v) is 17.6. The lowest BCUT2D eigenvalue weighted by molar-refractivity contribution is -0.113. The Hall–Kier alpha value is -2.76. The second kappa shape index (κ2) is 8.31. The Morgan fingerprint density at radius 2 is 1.72 bits per heavy atom. The van der Waals surface area contributed by atoms with Gasteiger partial charge in [0, 0.05) is 21.2 Å². The van der Waals surface area contributed by atoms with E-state index in [2.05, 4.69) is 24.1 Å². The Morgan fingerprint density at radius 3 is 2.45 bits per heavy atom. The van der Waals surface area contributed by atoms with Crippen LogP contribution < -0.4 is 5.32 Å². The number of anilines is 1. The Labute approximate surface area is 178 Å². The molecular weight excluding hydrogens is 404 g/mol. The molecule has 0 aliphatic heterocycles. The average molecular weight is 423 g/mol. The standard InChI is InChI=1S/C23H19ClN2O2S/c1-14-11-20-21(12-15(14)2)28-23(26-20)16-3-7-18(8-4-16)25-22(27)13-29-19-9-5-17(24)6-10-19/h3-12H,13H2,1-2H3,(H,25,27). The van der Waals surface area contributed by atoms with E-state index >= 15 is 0 Å². The van der Waals surface area contributed by atoms with Gasteiger partial charge in [0.1, 0.15) is 5.52 Å². The molecule has 4 aromatic rings. The zero-order valence-electron chi connectivity index (χ0n) is 16.0. The fourth-order valence-corrected chi connectivity index (χ4v) is 3.70. The number of halogens is 1. The first-order valence-corrected chi connectivity index (χ1v) is 10.5. The number of nitrogens with one attached hydrogen (secondary N) is 1. The molecule has 0 unspecified atom stereocenters. The number of aryl methyl sites for hydroxylation is 2. The molecule has 146 valence electrons. The van der Waals surface area contributed by atoms with Crippen LogP contribution in [0.1, 0.15) is 11.1 Å². The first-order valence-electron chi connectivity index (χ1n) is 9.14. The third-order valence-electron chi connectivity index (χ3n) is 4.60. The van der Waals surface area contributed by atoms with E-state index < -0.39 is 0 Å². The molecule has 0 fully saturated rings. The molecule has 1 aromatic heterocycles. The van der Waals surface area contributed by atoms with Crippen molar-refractivity contribution in [2.45, 2.75) is 18.7 Å². The fraction of sp³-hybridized carbons (Fsp3) is 0.130. The predicted molar refractivity (Wildman–Crippen MR) is 120 cm³/mol. The maximum absolute atomic E-state index is 12.2. The first kappa shape index (κ1) is 19.6. The molecule has 4 rings (SSSR count). The number of nitrogens with zero attached hydrogens (tertiary/aromatic N) is 1. The van der Waals surface area contributed by atoms with Crippen molar-refractivity contribution in [1.29, 1.82) is 0 Å². The number of rotatable bonds is 5. The Balaban J connectivity index is 1.41. The van der Waals surface area contributed by atoms with Gasteiger partial charge in [0.2, 0.25) is 11.8 Å². The maximum Gasteiger partial charge on any atom is 0.234 e. The molecule has 3 aromatic carbocycles. The van der Waals surface area contributed by atoms with Crippen molar-refractivity contribution in [2.75, 3.05) is 11.1 Å². The highest BCUT2D eigenvalue weighted by Crippen LogP contribution is 2.27. The van der Waals surface area contributed by atoms with Crippen LogP contribution in [0.25, 0.3) is 22.6 Å². The van der Waals surface area contributed by atoms with Gasteiger partial charge in [-0.25, -0.2) is 4.98 Å². The number of carbonyl (C=O) groups is 1. The molecule has 0 aliphatic carbocycles. The van der Waals surface area contributed by atoms with Crippen molar-refractivity contribution >= 4 is 46.1 Å². The van der Waals surface area contributed by atoms with E-state index in [4.69, 9.17) is 16.0 Å². The normalized spacial score (nSPS) is 11.0. The molecule has 0 saturated heterocycles. The van der Waals surface area contributed by atoms with Gasteiger partial charge in [-0.3, -0.25) is 4.79 Å². The highest BCUT2D eigenvalue weighted by Gasteiger charge is 2.10. The summed E-state index contributed by atoms with van der Waals surface area (Å²) in [5.74, 6) is 0.833. The number of thioether (sulfide) groups is 1. The van der Waals surface area contributed by atoms with Crippen LogP contribution >= 0.6 is 23.4 Å². The van der Waals surface area contributed by atoms with Gasteiger partial charge in [0.05, 0.1) is 5.75 Å². The number of carbonyl (C=O) groups excluding carboxylic acids is 1. The second-order valence-electron chi connectivity index (χ2n) is 6.79. The molecule has 1 heterocycles. The largest absolute Gasteiger partial charge is 0.436 e. The molecule has 0 saturated carbocycles. The van der Waals surface area contributed by atoms with Gasteiger partial charge in [0.15, 0.2) is 5.58 Å². The van der Waals surface area contributed by atoms with Crippen LogP contribution in [0.15, 0.2) is 70.0 Å². The van der Waals surface area contributed by atoms with Gasteiger partial charge in [-0.05, 0) is 85.6 Å². The predicted octanol–water partition coefficient (Wildman–Crippen LogP) is 6.50. The highest BCUT2D eigenvalue weighted by atomic mass is 35.5. The Bertz CT molecular complexity index is 1130. The van der Waals surface area contributed by atoms with E-state index in [-0.39, 0.29) is 5.91 Å². The summed E-state index contributed by atoms with van der Waals surface area (Å²) in [6.45, 7) is 4.12. The van der Waals surface area contributed by atoms with E-state index in [1.165, 1.54) is 22.9 Å². The van der Waals surface area contributed by atoms with Crippen LogP contribution in [0.2, 0.25) is 5.02 Å². The highest BCUT2D eigenvalue weighted by molar-refractivity contribution is 8.00. The van der Waals surface area contributed by atoms with Crippen molar-refractivity contribution in [3.05, 3.63) is 76.8 Å². The van der Waals surface area contributed by atoms with Gasteiger partial charge < -0.3 is 9.73 Å². The lowest BCUT2D eigenvalue weighted by Crippen LogP contribution is -2.13. The molecule has 0 aliphatic rings. The van der Waals surface area contributed by atoms with E-state index in [0.717, 1.165) is 27.2 Å². The Morgan fingerprint density at radius 1 is 1.03 bits per heavy atom. The van der Waals surface area contributed by atoms with Crippen LogP contribution in [0.3, 0.4) is 0 Å². The van der Waals surface area contributed by atoms with E-state index in [1.54, 1.807) is 0 Å². The molecule has 1 N–H and O–H groups in total. The van der Waals surface area contributed by atoms with Gasteiger partial charge in [-0.1, -0.05) is 11.6 Å². The summed E-state index contributed by atoms with van der Waals surface area (Å²) in [6.07, 6.45) is 0. The maximum atomic E-state index is 12.2. The number of hydrogen-bond acceptors (Lipinski definition) is 4. The van der Waals surface area contributed by atoms with Gasteiger partial charge in [0.25, 0.3) is 0 Å². The number of benzene rings is 3. The Kier molecular flexibility index (Phi) is 5.60. The van der Waals surface area contributed by atoms with Crippen LogP contribution in [0.4, 0.5) is 5.69 Å². The third kappa shape index (κ3) is 4.63.